The van der Waals surface area contributed by atoms with Crippen molar-refractivity contribution in [2.24, 2.45) is 5.92 Å². The zero-order chi connectivity index (χ0) is 19.7. The molecule has 1 atom stereocenters. The van der Waals surface area contributed by atoms with Crippen molar-refractivity contribution in [3.63, 3.8) is 0 Å². The fraction of sp³-hybridized carbons (Fsp3) is 0.238. The standard InChI is InChI=1S/C21H20N4O3/c1-13-6-3-4-9-18(13)25-12-16(11-19(25)26)20(27)23-17-8-5-7-15(10-17)21-22-14(2)24-28-21/h3-10,16H,11-12H2,1-2H3,(H,23,27). The molecule has 1 N–H and O–H groups in total. The highest BCUT2D eigenvalue weighted by Crippen LogP contribution is 2.29. The molecule has 0 radical (unpaired) electrons. The van der Waals surface area contributed by atoms with Gasteiger partial charge in [0.05, 0.1) is 5.92 Å². The average Bonchev–Trinajstić information content (AvgIpc) is 3.28. The highest BCUT2D eigenvalue weighted by Gasteiger charge is 2.35. The van der Waals surface area contributed by atoms with Gasteiger partial charge in [0.1, 0.15) is 0 Å². The van der Waals surface area contributed by atoms with E-state index in [1.807, 2.05) is 43.3 Å². The van der Waals surface area contributed by atoms with Gasteiger partial charge in [-0.05, 0) is 43.7 Å². The smallest absolute Gasteiger partial charge is 0.257 e. The van der Waals surface area contributed by atoms with Crippen LogP contribution >= 0.6 is 0 Å². The minimum Gasteiger partial charge on any atom is -0.334 e. The Balaban J connectivity index is 1.47. The predicted octanol–water partition coefficient (Wildman–Crippen LogP) is 3.35. The molecule has 0 saturated carbocycles. The van der Waals surface area contributed by atoms with Crippen molar-refractivity contribution in [2.45, 2.75) is 20.3 Å². The summed E-state index contributed by atoms with van der Waals surface area (Å²) in [4.78, 5) is 31.1. The minimum atomic E-state index is -0.401. The molecule has 7 nitrogen and oxygen atoms in total. The topological polar surface area (TPSA) is 88.3 Å². The van der Waals surface area contributed by atoms with E-state index in [2.05, 4.69) is 15.5 Å². The number of hydrogen-bond donors (Lipinski definition) is 1. The molecule has 2 amide bonds. The van der Waals surface area contributed by atoms with Crippen LogP contribution in [-0.4, -0.2) is 28.5 Å². The third-order valence-corrected chi connectivity index (χ3v) is 4.81. The maximum atomic E-state index is 12.7. The quantitative estimate of drug-likeness (QED) is 0.754. The summed E-state index contributed by atoms with van der Waals surface area (Å²) in [5.41, 5.74) is 3.22. The molecule has 2 heterocycles. The van der Waals surface area contributed by atoms with Gasteiger partial charge in [-0.2, -0.15) is 4.98 Å². The molecule has 2 aromatic carbocycles. The van der Waals surface area contributed by atoms with E-state index < -0.39 is 5.92 Å². The Morgan fingerprint density at radius 1 is 1.18 bits per heavy atom. The zero-order valence-electron chi connectivity index (χ0n) is 15.7. The number of aryl methyl sites for hydroxylation is 2. The molecule has 3 aromatic rings. The van der Waals surface area contributed by atoms with Crippen molar-refractivity contribution in [1.82, 2.24) is 10.1 Å². The molecule has 1 saturated heterocycles. The number of nitrogens with one attached hydrogen (secondary N) is 1. The summed E-state index contributed by atoms with van der Waals surface area (Å²) in [5, 5.41) is 6.68. The Kier molecular flexibility index (Phi) is 4.65. The van der Waals surface area contributed by atoms with Gasteiger partial charge in [-0.15, -0.1) is 0 Å². The number of benzene rings is 2. The fourth-order valence-corrected chi connectivity index (χ4v) is 3.37. The van der Waals surface area contributed by atoms with E-state index in [1.54, 1.807) is 24.0 Å². The molecule has 7 heteroatoms. The predicted molar refractivity (Wildman–Crippen MR) is 105 cm³/mol. The monoisotopic (exact) mass is 376 g/mol. The Hall–Kier alpha value is -3.48. The van der Waals surface area contributed by atoms with Crippen molar-refractivity contribution in [1.29, 1.82) is 0 Å². The molecule has 0 bridgehead atoms. The minimum absolute atomic E-state index is 0.0375. The number of carbonyl (C=O) groups is 2. The number of nitrogens with zero attached hydrogens (tertiary/aromatic N) is 3. The van der Waals surface area contributed by atoms with Crippen LogP contribution in [0, 0.1) is 19.8 Å². The number of amides is 2. The Labute approximate surface area is 162 Å². The van der Waals surface area contributed by atoms with Gasteiger partial charge in [0, 0.05) is 29.9 Å². The maximum absolute atomic E-state index is 12.7. The Morgan fingerprint density at radius 3 is 2.75 bits per heavy atom. The van der Waals surface area contributed by atoms with E-state index >= 15 is 0 Å². The molecule has 1 aromatic heterocycles. The lowest BCUT2D eigenvalue weighted by Crippen LogP contribution is -2.28. The first kappa shape index (κ1) is 17.9. The summed E-state index contributed by atoms with van der Waals surface area (Å²) in [6.07, 6.45) is 0.197. The van der Waals surface area contributed by atoms with Gasteiger partial charge in [-0.1, -0.05) is 29.4 Å². The van der Waals surface area contributed by atoms with Crippen LogP contribution in [0.5, 0.6) is 0 Å². The lowest BCUT2D eigenvalue weighted by Gasteiger charge is -2.19. The van der Waals surface area contributed by atoms with Crippen molar-refractivity contribution in [2.75, 3.05) is 16.8 Å². The highest BCUT2D eigenvalue weighted by molar-refractivity contribution is 6.04. The van der Waals surface area contributed by atoms with Gasteiger partial charge in [0.15, 0.2) is 5.82 Å². The van der Waals surface area contributed by atoms with Gasteiger partial charge < -0.3 is 14.7 Å². The third-order valence-electron chi connectivity index (χ3n) is 4.81. The van der Waals surface area contributed by atoms with E-state index in [0.29, 0.717) is 23.9 Å². The molecule has 1 aliphatic rings. The molecule has 1 aliphatic heterocycles. The van der Waals surface area contributed by atoms with Crippen LogP contribution in [0.1, 0.15) is 17.8 Å². The normalized spacial score (nSPS) is 16.4. The van der Waals surface area contributed by atoms with Crippen molar-refractivity contribution in [3.8, 4) is 11.5 Å². The second-order valence-corrected chi connectivity index (χ2v) is 6.91. The van der Waals surface area contributed by atoms with E-state index in [4.69, 9.17) is 4.52 Å². The molecular weight excluding hydrogens is 356 g/mol. The Morgan fingerprint density at radius 2 is 2.00 bits per heavy atom. The maximum Gasteiger partial charge on any atom is 0.257 e. The molecule has 28 heavy (non-hydrogen) atoms. The molecule has 1 fully saturated rings. The molecule has 0 spiro atoms. The van der Waals surface area contributed by atoms with Gasteiger partial charge in [0.25, 0.3) is 5.89 Å². The molecule has 4 rings (SSSR count). The van der Waals surface area contributed by atoms with Crippen LogP contribution in [0.3, 0.4) is 0 Å². The Bertz CT molecular complexity index is 1040. The van der Waals surface area contributed by atoms with Crippen molar-refractivity contribution < 1.29 is 14.1 Å². The summed E-state index contributed by atoms with van der Waals surface area (Å²) in [5.74, 6) is 0.329. The first-order valence-corrected chi connectivity index (χ1v) is 9.09. The average molecular weight is 376 g/mol. The van der Waals surface area contributed by atoms with Crippen molar-refractivity contribution >= 4 is 23.2 Å². The molecule has 1 unspecified atom stereocenters. The SMILES string of the molecule is Cc1noc(-c2cccc(NC(=O)C3CC(=O)N(c4ccccc4C)C3)c2)n1. The summed E-state index contributed by atoms with van der Waals surface area (Å²) < 4.78 is 5.17. The first-order valence-electron chi connectivity index (χ1n) is 9.09. The third kappa shape index (κ3) is 3.51. The van der Waals surface area contributed by atoms with Crippen LogP contribution in [-0.2, 0) is 9.59 Å². The van der Waals surface area contributed by atoms with E-state index in [0.717, 1.165) is 16.8 Å². The largest absolute Gasteiger partial charge is 0.334 e. The van der Waals surface area contributed by atoms with Gasteiger partial charge in [0.2, 0.25) is 11.8 Å². The number of hydrogen-bond acceptors (Lipinski definition) is 5. The van der Waals surface area contributed by atoms with Gasteiger partial charge >= 0.3 is 0 Å². The van der Waals surface area contributed by atoms with E-state index in [9.17, 15) is 9.59 Å². The second-order valence-electron chi connectivity index (χ2n) is 6.91. The lowest BCUT2D eigenvalue weighted by molar-refractivity contribution is -0.122. The molecular formula is C21H20N4O3. The highest BCUT2D eigenvalue weighted by atomic mass is 16.5. The lowest BCUT2D eigenvalue weighted by atomic mass is 10.1. The van der Waals surface area contributed by atoms with Gasteiger partial charge in [-0.3, -0.25) is 9.59 Å². The first-order chi connectivity index (χ1) is 13.5. The second kappa shape index (κ2) is 7.26. The van der Waals surface area contributed by atoms with Gasteiger partial charge in [-0.25, -0.2) is 0 Å². The number of carbonyl (C=O) groups excluding carboxylic acids is 2. The number of para-hydroxylation sites is 1. The summed E-state index contributed by atoms with van der Waals surface area (Å²) in [6, 6.07) is 14.9. The van der Waals surface area contributed by atoms with Crippen LogP contribution in [0.4, 0.5) is 11.4 Å². The van der Waals surface area contributed by atoms with Crippen LogP contribution in [0.25, 0.3) is 11.5 Å². The zero-order valence-corrected chi connectivity index (χ0v) is 15.7. The summed E-state index contributed by atoms with van der Waals surface area (Å²) >= 11 is 0. The number of rotatable bonds is 4. The number of aromatic nitrogens is 2. The summed E-state index contributed by atoms with van der Waals surface area (Å²) in [7, 11) is 0. The van der Waals surface area contributed by atoms with Crippen LogP contribution in [0.15, 0.2) is 53.1 Å². The van der Waals surface area contributed by atoms with E-state index in [-0.39, 0.29) is 18.2 Å². The fourth-order valence-electron chi connectivity index (χ4n) is 3.37. The molecule has 142 valence electrons. The molecule has 0 aliphatic carbocycles. The van der Waals surface area contributed by atoms with E-state index in [1.165, 1.54) is 0 Å². The summed E-state index contributed by atoms with van der Waals surface area (Å²) in [6.45, 7) is 4.08. The van der Waals surface area contributed by atoms with Crippen LogP contribution in [0.2, 0.25) is 0 Å². The number of anilines is 2. The van der Waals surface area contributed by atoms with Crippen molar-refractivity contribution in [3.05, 3.63) is 59.9 Å². The van der Waals surface area contributed by atoms with Crippen LogP contribution < -0.4 is 10.2 Å².